The van der Waals surface area contributed by atoms with Crippen LogP contribution in [0, 0.1) is 6.92 Å². The Hall–Kier alpha value is -1.06. The molecule has 0 aliphatic rings. The smallest absolute Gasteiger partial charge is 0.254 e. The molecule has 0 spiro atoms. The minimum absolute atomic E-state index is 0.0155. The molecule has 1 rings (SSSR count). The number of benzene rings is 1. The van der Waals surface area contributed by atoms with E-state index in [4.69, 9.17) is 16.7 Å². The van der Waals surface area contributed by atoms with Crippen LogP contribution >= 0.6 is 11.6 Å². The lowest BCUT2D eigenvalue weighted by atomic mass is 10.1. The van der Waals surface area contributed by atoms with Gasteiger partial charge in [-0.25, -0.2) is 0 Å². The molecule has 0 aliphatic heterocycles. The minimum Gasteiger partial charge on any atom is -0.396 e. The van der Waals surface area contributed by atoms with Gasteiger partial charge in [-0.1, -0.05) is 11.6 Å². The highest BCUT2D eigenvalue weighted by Crippen LogP contribution is 2.18. The predicted octanol–water partition coefficient (Wildman–Crippen LogP) is 2.88. The van der Waals surface area contributed by atoms with Gasteiger partial charge in [-0.15, -0.1) is 0 Å². The van der Waals surface area contributed by atoms with Crippen molar-refractivity contribution in [2.75, 3.05) is 13.2 Å². The van der Waals surface area contributed by atoms with E-state index in [2.05, 4.69) is 0 Å². The second-order valence-corrected chi connectivity index (χ2v) is 5.04. The first-order chi connectivity index (χ1) is 8.47. The summed E-state index contributed by atoms with van der Waals surface area (Å²) in [6, 6.07) is 5.40. The zero-order valence-electron chi connectivity index (χ0n) is 11.1. The first-order valence-electron chi connectivity index (χ1n) is 6.15. The van der Waals surface area contributed by atoms with Gasteiger partial charge in [-0.05, 0) is 51.0 Å². The summed E-state index contributed by atoms with van der Waals surface area (Å²) in [6.45, 7) is 6.48. The third-order valence-corrected chi connectivity index (χ3v) is 3.27. The topological polar surface area (TPSA) is 40.5 Å². The molecule has 3 nitrogen and oxygen atoms in total. The average molecular weight is 270 g/mol. The first-order valence-corrected chi connectivity index (χ1v) is 6.53. The lowest BCUT2D eigenvalue weighted by Gasteiger charge is -2.26. The Morgan fingerprint density at radius 1 is 1.44 bits per heavy atom. The number of rotatable bonds is 5. The van der Waals surface area contributed by atoms with Gasteiger partial charge in [-0.2, -0.15) is 0 Å². The quantitative estimate of drug-likeness (QED) is 0.893. The molecule has 1 amide bonds. The van der Waals surface area contributed by atoms with E-state index < -0.39 is 0 Å². The summed E-state index contributed by atoms with van der Waals surface area (Å²) in [5.41, 5.74) is 1.54. The van der Waals surface area contributed by atoms with Crippen LogP contribution in [-0.4, -0.2) is 35.1 Å². The van der Waals surface area contributed by atoms with Gasteiger partial charge in [0.15, 0.2) is 0 Å². The maximum Gasteiger partial charge on any atom is 0.254 e. The molecule has 0 bridgehead atoms. The Labute approximate surface area is 113 Å². The molecule has 1 aromatic rings. The summed E-state index contributed by atoms with van der Waals surface area (Å²) in [5, 5.41) is 9.54. The summed E-state index contributed by atoms with van der Waals surface area (Å²) in [7, 11) is 0. The van der Waals surface area contributed by atoms with Crippen LogP contribution in [0.25, 0.3) is 0 Å². The standard InChI is InChI=1S/C14H20ClNO2/c1-10(2)16(7-4-8-17)14(18)12-5-6-13(15)11(3)9-12/h5-6,9-10,17H,4,7-8H2,1-3H3. The van der Waals surface area contributed by atoms with Crippen LogP contribution in [0.1, 0.15) is 36.2 Å². The molecular weight excluding hydrogens is 250 g/mol. The number of aliphatic hydroxyl groups excluding tert-OH is 1. The summed E-state index contributed by atoms with van der Waals surface area (Å²) in [4.78, 5) is 14.1. The highest BCUT2D eigenvalue weighted by Gasteiger charge is 2.18. The summed E-state index contributed by atoms with van der Waals surface area (Å²) in [6.07, 6.45) is 0.594. The van der Waals surface area contributed by atoms with Gasteiger partial charge in [0.1, 0.15) is 0 Å². The SMILES string of the molecule is Cc1cc(C(=O)N(CCCO)C(C)C)ccc1Cl. The molecule has 0 aromatic heterocycles. The van der Waals surface area contributed by atoms with Crippen LogP contribution in [-0.2, 0) is 0 Å². The predicted molar refractivity (Wildman–Crippen MR) is 74.1 cm³/mol. The molecule has 0 saturated heterocycles. The van der Waals surface area contributed by atoms with Crippen LogP contribution in [0.3, 0.4) is 0 Å². The van der Waals surface area contributed by atoms with E-state index in [9.17, 15) is 4.79 Å². The number of halogens is 1. The Kier molecular flexibility index (Phi) is 5.63. The lowest BCUT2D eigenvalue weighted by Crippen LogP contribution is -2.38. The number of aryl methyl sites for hydroxylation is 1. The van der Waals surface area contributed by atoms with Crippen LogP contribution in [0.4, 0.5) is 0 Å². The zero-order valence-corrected chi connectivity index (χ0v) is 11.9. The van der Waals surface area contributed by atoms with Crippen molar-refractivity contribution < 1.29 is 9.90 Å². The van der Waals surface area contributed by atoms with Crippen LogP contribution < -0.4 is 0 Å². The maximum atomic E-state index is 12.4. The molecule has 100 valence electrons. The minimum atomic E-state index is -0.0155. The molecule has 0 atom stereocenters. The monoisotopic (exact) mass is 269 g/mol. The van der Waals surface area contributed by atoms with E-state index in [1.165, 1.54) is 0 Å². The summed E-state index contributed by atoms with van der Waals surface area (Å²) >= 11 is 5.95. The Balaban J connectivity index is 2.91. The molecule has 1 aromatic carbocycles. The van der Waals surface area contributed by atoms with Gasteiger partial charge < -0.3 is 10.0 Å². The van der Waals surface area contributed by atoms with Crippen LogP contribution in [0.5, 0.6) is 0 Å². The molecular formula is C14H20ClNO2. The fourth-order valence-corrected chi connectivity index (χ4v) is 1.90. The van der Waals surface area contributed by atoms with Crippen molar-refractivity contribution in [1.82, 2.24) is 4.90 Å². The molecule has 0 radical (unpaired) electrons. The van der Waals surface area contributed by atoms with Gasteiger partial charge in [0.2, 0.25) is 0 Å². The molecule has 0 fully saturated rings. The maximum absolute atomic E-state index is 12.4. The molecule has 4 heteroatoms. The fraction of sp³-hybridized carbons (Fsp3) is 0.500. The number of amides is 1. The van der Waals surface area contributed by atoms with Gasteiger partial charge in [-0.3, -0.25) is 4.79 Å². The molecule has 0 unspecified atom stereocenters. The second-order valence-electron chi connectivity index (χ2n) is 4.63. The van der Waals surface area contributed by atoms with Crippen molar-refractivity contribution in [3.05, 3.63) is 34.3 Å². The van der Waals surface area contributed by atoms with Gasteiger partial charge in [0.25, 0.3) is 5.91 Å². The molecule has 18 heavy (non-hydrogen) atoms. The second kappa shape index (κ2) is 6.76. The number of nitrogens with zero attached hydrogens (tertiary/aromatic N) is 1. The molecule has 0 heterocycles. The van der Waals surface area contributed by atoms with E-state index in [-0.39, 0.29) is 18.6 Å². The normalized spacial score (nSPS) is 10.8. The van der Waals surface area contributed by atoms with Crippen molar-refractivity contribution in [2.24, 2.45) is 0 Å². The van der Waals surface area contributed by atoms with Gasteiger partial charge in [0, 0.05) is 29.8 Å². The zero-order chi connectivity index (χ0) is 13.7. The Morgan fingerprint density at radius 3 is 2.61 bits per heavy atom. The van der Waals surface area contributed by atoms with Crippen molar-refractivity contribution in [3.8, 4) is 0 Å². The Bertz CT molecular complexity index is 418. The van der Waals surface area contributed by atoms with Gasteiger partial charge >= 0.3 is 0 Å². The third kappa shape index (κ3) is 3.72. The highest BCUT2D eigenvalue weighted by atomic mass is 35.5. The van der Waals surface area contributed by atoms with Crippen LogP contribution in [0.15, 0.2) is 18.2 Å². The number of hydrogen-bond donors (Lipinski definition) is 1. The summed E-state index contributed by atoms with van der Waals surface area (Å²) in [5.74, 6) is -0.0155. The number of carbonyl (C=O) groups is 1. The van der Waals surface area contributed by atoms with E-state index in [0.717, 1.165) is 5.56 Å². The van der Waals surface area contributed by atoms with E-state index in [1.807, 2.05) is 20.8 Å². The fourth-order valence-electron chi connectivity index (χ4n) is 1.78. The highest BCUT2D eigenvalue weighted by molar-refractivity contribution is 6.31. The largest absolute Gasteiger partial charge is 0.396 e. The van der Waals surface area contributed by atoms with Gasteiger partial charge in [0.05, 0.1) is 0 Å². The van der Waals surface area contributed by atoms with Crippen molar-refractivity contribution in [1.29, 1.82) is 0 Å². The average Bonchev–Trinajstić information content (AvgIpc) is 2.32. The number of hydrogen-bond acceptors (Lipinski definition) is 2. The van der Waals surface area contributed by atoms with E-state index in [0.29, 0.717) is 23.6 Å². The lowest BCUT2D eigenvalue weighted by molar-refractivity contribution is 0.0693. The van der Waals surface area contributed by atoms with Crippen molar-refractivity contribution in [2.45, 2.75) is 33.2 Å². The third-order valence-electron chi connectivity index (χ3n) is 2.85. The molecule has 0 saturated carbocycles. The molecule has 1 N–H and O–H groups in total. The number of carbonyl (C=O) groups excluding carboxylic acids is 1. The van der Waals surface area contributed by atoms with Crippen molar-refractivity contribution in [3.63, 3.8) is 0 Å². The Morgan fingerprint density at radius 2 is 2.11 bits per heavy atom. The summed E-state index contributed by atoms with van der Waals surface area (Å²) < 4.78 is 0. The van der Waals surface area contributed by atoms with E-state index >= 15 is 0 Å². The number of aliphatic hydroxyl groups is 1. The molecule has 0 aliphatic carbocycles. The van der Waals surface area contributed by atoms with Crippen molar-refractivity contribution >= 4 is 17.5 Å². The van der Waals surface area contributed by atoms with Crippen LogP contribution in [0.2, 0.25) is 5.02 Å². The first kappa shape index (κ1) is 15.0. The van der Waals surface area contributed by atoms with E-state index in [1.54, 1.807) is 23.1 Å².